The van der Waals surface area contributed by atoms with Gasteiger partial charge in [-0.15, -0.1) is 0 Å². The minimum Gasteiger partial charge on any atom is -0.411 e. The van der Waals surface area contributed by atoms with Crippen molar-refractivity contribution in [1.82, 2.24) is 9.78 Å². The van der Waals surface area contributed by atoms with Crippen molar-refractivity contribution in [2.45, 2.75) is 20.3 Å². The number of benzene rings is 1. The van der Waals surface area contributed by atoms with Gasteiger partial charge in [0.2, 0.25) is 0 Å². The van der Waals surface area contributed by atoms with Crippen LogP contribution in [-0.2, 0) is 6.42 Å². The van der Waals surface area contributed by atoms with E-state index in [4.69, 9.17) is 5.21 Å². The zero-order valence-electron chi connectivity index (χ0n) is 10.9. The van der Waals surface area contributed by atoms with E-state index in [-0.39, 0.29) is 5.82 Å². The number of nitrogens with zero attached hydrogens (tertiary/aromatic N) is 3. The highest BCUT2D eigenvalue weighted by Gasteiger charge is 2.10. The molecule has 0 amide bonds. The second-order valence-corrected chi connectivity index (χ2v) is 4.79. The Bertz CT molecular complexity index is 573. The molecule has 0 atom stereocenters. The Labute approximate surface area is 111 Å². The number of halogens is 1. The van der Waals surface area contributed by atoms with E-state index in [1.807, 2.05) is 6.07 Å². The first kappa shape index (κ1) is 13.3. The Morgan fingerprint density at radius 3 is 2.63 bits per heavy atom. The molecule has 0 aliphatic carbocycles. The molecule has 4 nitrogen and oxygen atoms in total. The lowest BCUT2D eigenvalue weighted by Gasteiger charge is -2.09. The van der Waals surface area contributed by atoms with E-state index in [1.165, 1.54) is 18.3 Å². The minimum absolute atomic E-state index is 0.279. The molecule has 1 N–H and O–H groups in total. The van der Waals surface area contributed by atoms with Crippen molar-refractivity contribution in [3.63, 3.8) is 0 Å². The van der Waals surface area contributed by atoms with Crippen LogP contribution in [-0.4, -0.2) is 21.2 Å². The van der Waals surface area contributed by atoms with Gasteiger partial charge >= 0.3 is 0 Å². The molecule has 100 valence electrons. The summed E-state index contributed by atoms with van der Waals surface area (Å²) in [4.78, 5) is 0. The molecule has 2 aromatic rings. The van der Waals surface area contributed by atoms with Crippen LogP contribution in [0.2, 0.25) is 0 Å². The molecule has 0 aliphatic rings. The summed E-state index contributed by atoms with van der Waals surface area (Å²) in [6, 6.07) is 8.01. The van der Waals surface area contributed by atoms with E-state index in [0.29, 0.717) is 11.6 Å². The van der Waals surface area contributed by atoms with Gasteiger partial charge in [-0.3, -0.25) is 0 Å². The molecule has 0 saturated carbocycles. The quantitative estimate of drug-likeness (QED) is 0.522. The molecule has 0 unspecified atom stereocenters. The van der Waals surface area contributed by atoms with E-state index in [1.54, 1.807) is 16.8 Å². The second kappa shape index (κ2) is 5.65. The van der Waals surface area contributed by atoms with Crippen LogP contribution in [0.4, 0.5) is 4.39 Å². The molecular weight excluding hydrogens is 245 g/mol. The summed E-state index contributed by atoms with van der Waals surface area (Å²) >= 11 is 0. The maximum Gasteiger partial charge on any atom is 0.123 e. The van der Waals surface area contributed by atoms with Gasteiger partial charge in [-0.2, -0.15) is 5.10 Å². The predicted molar refractivity (Wildman–Crippen MR) is 71.4 cm³/mol. The van der Waals surface area contributed by atoms with Gasteiger partial charge in [0.15, 0.2) is 0 Å². The largest absolute Gasteiger partial charge is 0.411 e. The van der Waals surface area contributed by atoms with Gasteiger partial charge in [0.25, 0.3) is 0 Å². The number of oxime groups is 1. The number of hydrogen-bond donors (Lipinski definition) is 1. The maximum absolute atomic E-state index is 13.0. The fourth-order valence-corrected chi connectivity index (χ4v) is 1.93. The molecule has 0 spiro atoms. The summed E-state index contributed by atoms with van der Waals surface area (Å²) in [7, 11) is 0. The van der Waals surface area contributed by atoms with E-state index in [0.717, 1.165) is 17.8 Å². The van der Waals surface area contributed by atoms with Gasteiger partial charge < -0.3 is 5.21 Å². The highest BCUT2D eigenvalue weighted by Crippen LogP contribution is 2.16. The van der Waals surface area contributed by atoms with E-state index in [9.17, 15) is 4.39 Å². The second-order valence-electron chi connectivity index (χ2n) is 4.79. The first-order valence-corrected chi connectivity index (χ1v) is 6.12. The molecule has 1 heterocycles. The number of aromatic nitrogens is 2. The monoisotopic (exact) mass is 261 g/mol. The molecule has 19 heavy (non-hydrogen) atoms. The number of rotatable bonds is 4. The van der Waals surface area contributed by atoms with Gasteiger partial charge in [-0.25, -0.2) is 9.07 Å². The highest BCUT2D eigenvalue weighted by atomic mass is 19.1. The average molecular weight is 261 g/mol. The molecule has 2 rings (SSSR count). The zero-order valence-corrected chi connectivity index (χ0v) is 10.9. The summed E-state index contributed by atoms with van der Waals surface area (Å²) in [5.41, 5.74) is 2.36. The van der Waals surface area contributed by atoms with E-state index < -0.39 is 0 Å². The molecule has 0 fully saturated rings. The summed E-state index contributed by atoms with van der Waals surface area (Å²) in [6.07, 6.45) is 2.12. The highest BCUT2D eigenvalue weighted by molar-refractivity contribution is 5.76. The molecule has 0 saturated heterocycles. The Hall–Kier alpha value is -2.17. The molecule has 1 aromatic carbocycles. The van der Waals surface area contributed by atoms with Crippen LogP contribution in [0.1, 0.15) is 25.2 Å². The van der Waals surface area contributed by atoms with Crippen LogP contribution in [0.25, 0.3) is 5.69 Å². The Kier molecular flexibility index (Phi) is 3.94. The van der Waals surface area contributed by atoms with E-state index >= 15 is 0 Å². The van der Waals surface area contributed by atoms with Crippen molar-refractivity contribution in [3.05, 3.63) is 47.5 Å². The van der Waals surface area contributed by atoms with Crippen molar-refractivity contribution < 1.29 is 9.60 Å². The Morgan fingerprint density at radius 1 is 1.37 bits per heavy atom. The lowest BCUT2D eigenvalue weighted by atomic mass is 10.1. The van der Waals surface area contributed by atoms with E-state index in [2.05, 4.69) is 24.1 Å². The summed E-state index contributed by atoms with van der Waals surface area (Å²) in [5, 5.41) is 15.9. The van der Waals surface area contributed by atoms with Crippen molar-refractivity contribution in [1.29, 1.82) is 0 Å². The lowest BCUT2D eigenvalue weighted by molar-refractivity contribution is 0.321. The first-order valence-electron chi connectivity index (χ1n) is 6.12. The number of hydrogen-bond acceptors (Lipinski definition) is 3. The zero-order chi connectivity index (χ0) is 13.8. The Morgan fingerprint density at radius 2 is 2.05 bits per heavy atom. The third kappa shape index (κ3) is 3.19. The summed E-state index contributed by atoms with van der Waals surface area (Å²) < 4.78 is 14.7. The van der Waals surface area contributed by atoms with Gasteiger partial charge in [-0.05, 0) is 42.7 Å². The molecular formula is C14H16FN3O. The normalized spacial score (nSPS) is 11.6. The molecule has 0 radical (unpaired) electrons. The Balaban J connectivity index is 2.44. The lowest BCUT2D eigenvalue weighted by Crippen LogP contribution is -2.05. The first-order chi connectivity index (χ1) is 9.10. The topological polar surface area (TPSA) is 50.4 Å². The van der Waals surface area contributed by atoms with Crippen molar-refractivity contribution >= 4 is 6.21 Å². The predicted octanol–water partition coefficient (Wildman–Crippen LogP) is 3.02. The molecule has 1 aromatic heterocycles. The third-order valence-corrected chi connectivity index (χ3v) is 2.68. The van der Waals surface area contributed by atoms with Gasteiger partial charge in [0.05, 0.1) is 11.9 Å². The van der Waals surface area contributed by atoms with Crippen LogP contribution >= 0.6 is 0 Å². The fraction of sp³-hybridized carbons (Fsp3) is 0.286. The van der Waals surface area contributed by atoms with Crippen LogP contribution in [0.5, 0.6) is 0 Å². The SMILES string of the molecule is CC(C)Cc1cc(C=NO)nn1-c1ccc(F)cc1. The minimum atomic E-state index is -0.279. The smallest absolute Gasteiger partial charge is 0.123 e. The maximum atomic E-state index is 13.0. The van der Waals surface area contributed by atoms with Crippen LogP contribution in [0, 0.1) is 11.7 Å². The van der Waals surface area contributed by atoms with Crippen LogP contribution in [0.15, 0.2) is 35.5 Å². The fourth-order valence-electron chi connectivity index (χ4n) is 1.93. The van der Waals surface area contributed by atoms with Crippen molar-refractivity contribution in [3.8, 4) is 5.69 Å². The third-order valence-electron chi connectivity index (χ3n) is 2.68. The summed E-state index contributed by atoms with van der Waals surface area (Å²) in [6.45, 7) is 4.23. The van der Waals surface area contributed by atoms with Gasteiger partial charge in [0, 0.05) is 5.69 Å². The average Bonchev–Trinajstić information content (AvgIpc) is 2.72. The molecule has 0 aliphatic heterocycles. The molecule has 5 heteroatoms. The van der Waals surface area contributed by atoms with Crippen LogP contribution in [0.3, 0.4) is 0 Å². The molecule has 0 bridgehead atoms. The van der Waals surface area contributed by atoms with Gasteiger partial charge in [0.1, 0.15) is 11.5 Å². The van der Waals surface area contributed by atoms with Crippen LogP contribution < -0.4 is 0 Å². The standard InChI is InChI=1S/C14H16FN3O/c1-10(2)7-14-8-12(9-16-19)17-18(14)13-5-3-11(15)4-6-13/h3-6,8-10,19H,7H2,1-2H3. The van der Waals surface area contributed by atoms with Crippen molar-refractivity contribution in [2.75, 3.05) is 0 Å². The van der Waals surface area contributed by atoms with Crippen molar-refractivity contribution in [2.24, 2.45) is 11.1 Å². The van der Waals surface area contributed by atoms with Gasteiger partial charge in [-0.1, -0.05) is 19.0 Å². The summed E-state index contributed by atoms with van der Waals surface area (Å²) in [5.74, 6) is 0.188.